The number of hydrogen-bond donors (Lipinski definition) is 1. The molecule has 4 rings (SSSR count). The lowest BCUT2D eigenvalue weighted by Gasteiger charge is -2.10. The van der Waals surface area contributed by atoms with Crippen molar-refractivity contribution in [2.75, 3.05) is 0 Å². The van der Waals surface area contributed by atoms with Gasteiger partial charge in [-0.2, -0.15) is 0 Å². The second-order valence-electron chi connectivity index (χ2n) is 7.22. The topological polar surface area (TPSA) is 41.2 Å². The molecule has 0 radical (unpaired) electrons. The van der Waals surface area contributed by atoms with Gasteiger partial charge in [0.2, 0.25) is 11.4 Å². The molecule has 0 aliphatic heterocycles. The molecule has 0 bridgehead atoms. The lowest BCUT2D eigenvalue weighted by atomic mass is 10.00. The number of nitrogens with zero attached hydrogens (tertiary/aromatic N) is 1. The van der Waals surface area contributed by atoms with Crippen LogP contribution >= 0.6 is 0 Å². The Hall–Kier alpha value is -3.72. The summed E-state index contributed by atoms with van der Waals surface area (Å²) in [5.74, 6) is -0.961. The van der Waals surface area contributed by atoms with E-state index in [0.29, 0.717) is 0 Å². The molecular formula is C26H22NO2+. The molecule has 0 amide bonds. The Morgan fingerprint density at radius 1 is 0.690 bits per heavy atom. The summed E-state index contributed by atoms with van der Waals surface area (Å²) in [6, 6.07) is 29.8. The minimum absolute atomic E-state index is 0.228. The SMILES string of the molecule is Cc1ccc(-c2cc(C(=O)O)[n+](-c3ccc(C)cc3)c(-c3ccccc3)c2)cc1. The molecule has 0 fully saturated rings. The first-order chi connectivity index (χ1) is 14.0. The molecule has 0 unspecified atom stereocenters. The van der Waals surface area contributed by atoms with Crippen LogP contribution < -0.4 is 4.57 Å². The number of carbonyl (C=O) groups is 1. The van der Waals surface area contributed by atoms with Gasteiger partial charge in [0.25, 0.3) is 5.69 Å². The van der Waals surface area contributed by atoms with Crippen molar-refractivity contribution >= 4 is 5.97 Å². The number of carboxylic acid groups (broad SMARTS) is 1. The average Bonchev–Trinajstić information content (AvgIpc) is 2.74. The van der Waals surface area contributed by atoms with Crippen LogP contribution in [-0.4, -0.2) is 11.1 Å². The highest BCUT2D eigenvalue weighted by Gasteiger charge is 2.27. The van der Waals surface area contributed by atoms with Gasteiger partial charge < -0.3 is 5.11 Å². The van der Waals surface area contributed by atoms with Gasteiger partial charge in [-0.3, -0.25) is 0 Å². The maximum absolute atomic E-state index is 12.3. The van der Waals surface area contributed by atoms with Crippen LogP contribution in [0.4, 0.5) is 0 Å². The normalized spacial score (nSPS) is 10.7. The van der Waals surface area contributed by atoms with Gasteiger partial charge in [0.1, 0.15) is 0 Å². The molecule has 1 aromatic heterocycles. The molecular weight excluding hydrogens is 358 g/mol. The summed E-state index contributed by atoms with van der Waals surface area (Å²) in [5, 5.41) is 10.0. The lowest BCUT2D eigenvalue weighted by molar-refractivity contribution is -0.587. The van der Waals surface area contributed by atoms with Crippen molar-refractivity contribution < 1.29 is 14.5 Å². The number of pyridine rings is 1. The van der Waals surface area contributed by atoms with Crippen molar-refractivity contribution in [1.82, 2.24) is 0 Å². The summed E-state index contributed by atoms with van der Waals surface area (Å²) in [6.45, 7) is 4.06. The number of aromatic carboxylic acids is 1. The smallest absolute Gasteiger partial charge is 0.401 e. The van der Waals surface area contributed by atoms with E-state index in [1.165, 1.54) is 5.56 Å². The maximum Gasteiger partial charge on any atom is 0.401 e. The van der Waals surface area contributed by atoms with Crippen LogP contribution in [0.25, 0.3) is 28.1 Å². The standard InChI is InChI=1S/C26H21NO2/c1-18-8-12-20(13-9-18)22-16-24(21-6-4-3-5-7-21)27(25(17-22)26(28)29)23-14-10-19(2)11-15-23/h3-17H,1-2H3/p+1. The third-order valence-electron chi connectivity index (χ3n) is 5.03. The Kier molecular flexibility index (Phi) is 4.96. The van der Waals surface area contributed by atoms with Crippen molar-refractivity contribution in [3.63, 3.8) is 0 Å². The predicted octanol–water partition coefficient (Wildman–Crippen LogP) is 5.61. The lowest BCUT2D eigenvalue weighted by Crippen LogP contribution is -2.40. The third kappa shape index (κ3) is 3.81. The molecule has 4 aromatic rings. The summed E-state index contributed by atoms with van der Waals surface area (Å²) in [5.41, 5.74) is 7.02. The molecule has 0 saturated carbocycles. The Morgan fingerprint density at radius 2 is 1.28 bits per heavy atom. The second-order valence-corrected chi connectivity index (χ2v) is 7.22. The van der Waals surface area contributed by atoms with Crippen LogP contribution in [-0.2, 0) is 0 Å². The molecule has 0 atom stereocenters. The average molecular weight is 380 g/mol. The summed E-state index contributed by atoms with van der Waals surface area (Å²) in [4.78, 5) is 12.3. The number of aromatic nitrogens is 1. The molecule has 3 nitrogen and oxygen atoms in total. The molecule has 0 aliphatic rings. The van der Waals surface area contributed by atoms with Crippen LogP contribution in [0, 0.1) is 13.8 Å². The number of carboxylic acids is 1. The first kappa shape index (κ1) is 18.6. The van der Waals surface area contributed by atoms with Crippen LogP contribution in [0.2, 0.25) is 0 Å². The highest BCUT2D eigenvalue weighted by molar-refractivity contribution is 5.87. The minimum atomic E-state index is -0.961. The number of aryl methyl sites for hydroxylation is 2. The van der Waals surface area contributed by atoms with Crippen LogP contribution in [0.5, 0.6) is 0 Å². The summed E-state index contributed by atoms with van der Waals surface area (Å²) < 4.78 is 1.81. The number of benzene rings is 3. The molecule has 3 heteroatoms. The first-order valence-electron chi connectivity index (χ1n) is 9.56. The molecule has 1 heterocycles. The van der Waals surface area contributed by atoms with Crippen LogP contribution in [0.1, 0.15) is 21.6 Å². The van der Waals surface area contributed by atoms with E-state index < -0.39 is 5.97 Å². The number of rotatable bonds is 4. The minimum Gasteiger partial charge on any atom is -0.473 e. The Balaban J connectivity index is 2.04. The zero-order valence-corrected chi connectivity index (χ0v) is 16.5. The Labute approximate surface area is 170 Å². The molecule has 3 aromatic carbocycles. The van der Waals surface area contributed by atoms with E-state index in [1.54, 1.807) is 6.07 Å². The fraction of sp³-hybridized carbons (Fsp3) is 0.0769. The summed E-state index contributed by atoms with van der Waals surface area (Å²) in [6.07, 6.45) is 0. The van der Waals surface area contributed by atoms with Crippen LogP contribution in [0.3, 0.4) is 0 Å². The highest BCUT2D eigenvalue weighted by atomic mass is 16.4. The molecule has 0 saturated heterocycles. The van der Waals surface area contributed by atoms with Crippen molar-refractivity contribution in [2.45, 2.75) is 13.8 Å². The fourth-order valence-corrected chi connectivity index (χ4v) is 3.46. The van der Waals surface area contributed by atoms with E-state index in [-0.39, 0.29) is 5.69 Å². The van der Waals surface area contributed by atoms with Gasteiger partial charge in [-0.05, 0) is 37.1 Å². The van der Waals surface area contributed by atoms with Crippen molar-refractivity contribution in [2.24, 2.45) is 0 Å². The van der Waals surface area contributed by atoms with Gasteiger partial charge in [0.15, 0.2) is 0 Å². The fourth-order valence-electron chi connectivity index (χ4n) is 3.46. The highest BCUT2D eigenvalue weighted by Crippen LogP contribution is 2.27. The van der Waals surface area contributed by atoms with Gasteiger partial charge >= 0.3 is 5.97 Å². The monoisotopic (exact) mass is 380 g/mol. The molecule has 29 heavy (non-hydrogen) atoms. The van der Waals surface area contributed by atoms with E-state index >= 15 is 0 Å². The maximum atomic E-state index is 12.3. The molecule has 0 spiro atoms. The van der Waals surface area contributed by atoms with Crippen molar-refractivity contribution in [3.05, 3.63) is 108 Å². The van der Waals surface area contributed by atoms with Gasteiger partial charge in [-0.1, -0.05) is 65.7 Å². The van der Waals surface area contributed by atoms with Crippen molar-refractivity contribution in [3.8, 4) is 28.1 Å². The zero-order chi connectivity index (χ0) is 20.4. The molecule has 1 N–H and O–H groups in total. The largest absolute Gasteiger partial charge is 0.473 e. The van der Waals surface area contributed by atoms with E-state index in [1.807, 2.05) is 97.3 Å². The third-order valence-corrected chi connectivity index (χ3v) is 5.03. The Morgan fingerprint density at radius 3 is 1.86 bits per heavy atom. The van der Waals surface area contributed by atoms with E-state index in [9.17, 15) is 9.90 Å². The second kappa shape index (κ2) is 7.72. The van der Waals surface area contributed by atoms with E-state index in [0.717, 1.165) is 33.6 Å². The zero-order valence-electron chi connectivity index (χ0n) is 16.5. The van der Waals surface area contributed by atoms with Gasteiger partial charge in [-0.15, -0.1) is 4.57 Å². The van der Waals surface area contributed by atoms with Crippen LogP contribution in [0.15, 0.2) is 91.0 Å². The van der Waals surface area contributed by atoms with E-state index in [2.05, 4.69) is 6.07 Å². The van der Waals surface area contributed by atoms with Crippen molar-refractivity contribution in [1.29, 1.82) is 0 Å². The quantitative estimate of drug-likeness (QED) is 0.467. The van der Waals surface area contributed by atoms with Gasteiger partial charge in [-0.25, -0.2) is 4.79 Å². The van der Waals surface area contributed by atoms with Gasteiger partial charge in [0, 0.05) is 29.8 Å². The number of hydrogen-bond acceptors (Lipinski definition) is 1. The molecule has 142 valence electrons. The van der Waals surface area contributed by atoms with E-state index in [4.69, 9.17) is 0 Å². The summed E-state index contributed by atoms with van der Waals surface area (Å²) >= 11 is 0. The first-order valence-corrected chi connectivity index (χ1v) is 9.56. The summed E-state index contributed by atoms with van der Waals surface area (Å²) in [7, 11) is 0. The van der Waals surface area contributed by atoms with Gasteiger partial charge in [0.05, 0.1) is 0 Å². The molecule has 0 aliphatic carbocycles. The predicted molar refractivity (Wildman–Crippen MR) is 115 cm³/mol. The Bertz CT molecular complexity index is 1160.